The zero-order valence-electron chi connectivity index (χ0n) is 8.17. The number of ketones is 1. The van der Waals surface area contributed by atoms with Gasteiger partial charge in [-0.25, -0.2) is 0 Å². The van der Waals surface area contributed by atoms with Gasteiger partial charge in [-0.2, -0.15) is 0 Å². The van der Waals surface area contributed by atoms with E-state index in [1.165, 1.54) is 0 Å². The SMILES string of the molecule is COC1CC(C(C)=O)CCC1C. The van der Waals surface area contributed by atoms with Crippen molar-refractivity contribution in [3.05, 3.63) is 0 Å². The molecule has 0 heterocycles. The van der Waals surface area contributed by atoms with Gasteiger partial charge in [-0.05, 0) is 32.1 Å². The Hall–Kier alpha value is -0.370. The minimum atomic E-state index is 0.256. The molecule has 0 radical (unpaired) electrons. The average Bonchev–Trinajstić information content (AvgIpc) is 2.05. The molecular weight excluding hydrogens is 152 g/mol. The molecule has 0 aromatic carbocycles. The molecule has 2 nitrogen and oxygen atoms in total. The van der Waals surface area contributed by atoms with Gasteiger partial charge in [0, 0.05) is 13.0 Å². The Morgan fingerprint density at radius 2 is 2.08 bits per heavy atom. The van der Waals surface area contributed by atoms with Gasteiger partial charge in [0.1, 0.15) is 5.78 Å². The Morgan fingerprint density at radius 1 is 1.42 bits per heavy atom. The van der Waals surface area contributed by atoms with Crippen molar-refractivity contribution in [2.24, 2.45) is 11.8 Å². The van der Waals surface area contributed by atoms with E-state index in [1.54, 1.807) is 14.0 Å². The molecule has 1 rings (SSSR count). The maximum Gasteiger partial charge on any atom is 0.133 e. The fraction of sp³-hybridized carbons (Fsp3) is 0.900. The quantitative estimate of drug-likeness (QED) is 0.633. The van der Waals surface area contributed by atoms with Crippen molar-refractivity contribution >= 4 is 5.78 Å². The van der Waals surface area contributed by atoms with Crippen LogP contribution in [0.3, 0.4) is 0 Å². The fourth-order valence-electron chi connectivity index (χ4n) is 1.98. The normalized spacial score (nSPS) is 36.4. The molecule has 70 valence electrons. The number of methoxy groups -OCH3 is 1. The molecule has 0 saturated heterocycles. The Balaban J connectivity index is 2.49. The van der Waals surface area contributed by atoms with Crippen molar-refractivity contribution in [2.75, 3.05) is 7.11 Å². The predicted octanol–water partition coefficient (Wildman–Crippen LogP) is 2.03. The summed E-state index contributed by atoms with van der Waals surface area (Å²) in [5.74, 6) is 1.20. The van der Waals surface area contributed by atoms with E-state index in [1.807, 2.05) is 0 Å². The van der Waals surface area contributed by atoms with Gasteiger partial charge in [-0.15, -0.1) is 0 Å². The number of rotatable bonds is 2. The molecule has 12 heavy (non-hydrogen) atoms. The topological polar surface area (TPSA) is 26.3 Å². The standard InChI is InChI=1S/C10H18O2/c1-7-4-5-9(8(2)11)6-10(7)12-3/h7,9-10H,4-6H2,1-3H3. The van der Waals surface area contributed by atoms with Crippen LogP contribution in [-0.4, -0.2) is 19.0 Å². The summed E-state index contributed by atoms with van der Waals surface area (Å²) in [6, 6.07) is 0. The van der Waals surface area contributed by atoms with Gasteiger partial charge in [-0.1, -0.05) is 6.92 Å². The Kier molecular flexibility index (Phi) is 3.27. The predicted molar refractivity (Wildman–Crippen MR) is 48.0 cm³/mol. The van der Waals surface area contributed by atoms with E-state index in [0.29, 0.717) is 17.8 Å². The monoisotopic (exact) mass is 170 g/mol. The van der Waals surface area contributed by atoms with Crippen LogP contribution in [0.1, 0.15) is 33.1 Å². The van der Waals surface area contributed by atoms with E-state index in [2.05, 4.69) is 6.92 Å². The van der Waals surface area contributed by atoms with Crippen molar-refractivity contribution in [2.45, 2.75) is 39.2 Å². The first-order valence-corrected chi connectivity index (χ1v) is 4.68. The Labute approximate surface area is 74.3 Å². The zero-order chi connectivity index (χ0) is 9.14. The highest BCUT2D eigenvalue weighted by Crippen LogP contribution is 2.30. The van der Waals surface area contributed by atoms with E-state index in [4.69, 9.17) is 4.74 Å². The summed E-state index contributed by atoms with van der Waals surface area (Å²) in [5.41, 5.74) is 0. The summed E-state index contributed by atoms with van der Waals surface area (Å²) in [5, 5.41) is 0. The number of hydrogen-bond acceptors (Lipinski definition) is 2. The lowest BCUT2D eigenvalue weighted by Gasteiger charge is -2.31. The summed E-state index contributed by atoms with van der Waals surface area (Å²) in [6.07, 6.45) is 3.40. The first kappa shape index (κ1) is 9.72. The van der Waals surface area contributed by atoms with Crippen LogP contribution in [0.2, 0.25) is 0 Å². The highest BCUT2D eigenvalue weighted by atomic mass is 16.5. The summed E-state index contributed by atoms with van der Waals surface area (Å²) < 4.78 is 5.33. The van der Waals surface area contributed by atoms with E-state index in [0.717, 1.165) is 19.3 Å². The van der Waals surface area contributed by atoms with Crippen LogP contribution < -0.4 is 0 Å². The summed E-state index contributed by atoms with van der Waals surface area (Å²) in [6.45, 7) is 3.89. The number of carbonyl (C=O) groups is 1. The average molecular weight is 170 g/mol. The minimum Gasteiger partial charge on any atom is -0.381 e. The fourth-order valence-corrected chi connectivity index (χ4v) is 1.98. The molecule has 1 fully saturated rings. The van der Waals surface area contributed by atoms with Crippen LogP contribution in [0.4, 0.5) is 0 Å². The number of carbonyl (C=O) groups excluding carboxylic acids is 1. The molecule has 1 aliphatic rings. The Morgan fingerprint density at radius 3 is 2.58 bits per heavy atom. The van der Waals surface area contributed by atoms with Crippen LogP contribution in [-0.2, 0) is 9.53 Å². The first-order chi connectivity index (χ1) is 5.65. The van der Waals surface area contributed by atoms with Crippen LogP contribution in [0.25, 0.3) is 0 Å². The van der Waals surface area contributed by atoms with Gasteiger partial charge in [-0.3, -0.25) is 4.79 Å². The maximum absolute atomic E-state index is 11.1. The van der Waals surface area contributed by atoms with Crippen LogP contribution in [0.5, 0.6) is 0 Å². The lowest BCUT2D eigenvalue weighted by Crippen LogP contribution is -2.31. The molecule has 3 atom stereocenters. The van der Waals surface area contributed by atoms with Gasteiger partial charge in [0.2, 0.25) is 0 Å². The molecule has 2 heteroatoms. The number of hydrogen-bond donors (Lipinski definition) is 0. The lowest BCUT2D eigenvalue weighted by molar-refractivity contribution is -0.124. The molecule has 3 unspecified atom stereocenters. The summed E-state index contributed by atoms with van der Waals surface area (Å²) in [7, 11) is 1.74. The smallest absolute Gasteiger partial charge is 0.133 e. The van der Waals surface area contributed by atoms with Crippen molar-refractivity contribution in [1.29, 1.82) is 0 Å². The van der Waals surface area contributed by atoms with Crippen LogP contribution in [0, 0.1) is 11.8 Å². The third-order valence-electron chi connectivity index (χ3n) is 3.00. The van der Waals surface area contributed by atoms with Crippen LogP contribution in [0.15, 0.2) is 0 Å². The minimum absolute atomic E-state index is 0.256. The van der Waals surface area contributed by atoms with Gasteiger partial charge in [0.25, 0.3) is 0 Å². The molecule has 0 N–H and O–H groups in total. The first-order valence-electron chi connectivity index (χ1n) is 4.68. The largest absolute Gasteiger partial charge is 0.381 e. The molecule has 0 aromatic rings. The van der Waals surface area contributed by atoms with Crippen molar-refractivity contribution in [1.82, 2.24) is 0 Å². The Bertz CT molecular complexity index is 165. The van der Waals surface area contributed by atoms with Crippen molar-refractivity contribution < 1.29 is 9.53 Å². The zero-order valence-corrected chi connectivity index (χ0v) is 8.17. The van der Waals surface area contributed by atoms with Crippen molar-refractivity contribution in [3.8, 4) is 0 Å². The second-order valence-corrected chi connectivity index (χ2v) is 3.87. The van der Waals surface area contributed by atoms with Gasteiger partial charge in [0.15, 0.2) is 0 Å². The van der Waals surface area contributed by atoms with Gasteiger partial charge < -0.3 is 4.74 Å². The van der Waals surface area contributed by atoms with E-state index in [-0.39, 0.29) is 5.92 Å². The highest BCUT2D eigenvalue weighted by Gasteiger charge is 2.29. The summed E-state index contributed by atoms with van der Waals surface area (Å²) in [4.78, 5) is 11.1. The van der Waals surface area contributed by atoms with E-state index >= 15 is 0 Å². The van der Waals surface area contributed by atoms with E-state index in [9.17, 15) is 4.79 Å². The molecule has 0 spiro atoms. The molecule has 0 amide bonds. The highest BCUT2D eigenvalue weighted by molar-refractivity contribution is 5.78. The summed E-state index contributed by atoms with van der Waals surface area (Å²) >= 11 is 0. The van der Waals surface area contributed by atoms with Gasteiger partial charge >= 0.3 is 0 Å². The molecular formula is C10H18O2. The molecule has 0 aliphatic heterocycles. The molecule has 0 aromatic heterocycles. The third-order valence-corrected chi connectivity index (χ3v) is 3.00. The molecule has 1 aliphatic carbocycles. The molecule has 0 bridgehead atoms. The third kappa shape index (κ3) is 2.07. The maximum atomic E-state index is 11.1. The van der Waals surface area contributed by atoms with E-state index < -0.39 is 0 Å². The number of ether oxygens (including phenoxy) is 1. The number of Topliss-reactive ketones (excluding diaryl/α,β-unsaturated/α-hetero) is 1. The van der Waals surface area contributed by atoms with Gasteiger partial charge in [0.05, 0.1) is 6.10 Å². The lowest BCUT2D eigenvalue weighted by atomic mass is 9.79. The second-order valence-electron chi connectivity index (χ2n) is 3.87. The molecule has 1 saturated carbocycles. The van der Waals surface area contributed by atoms with Crippen molar-refractivity contribution in [3.63, 3.8) is 0 Å². The van der Waals surface area contributed by atoms with Crippen LogP contribution >= 0.6 is 0 Å². The second kappa shape index (κ2) is 4.04.